The molecular formula is C25H31F5O2. The first kappa shape index (κ1) is 25.9. The van der Waals surface area contributed by atoms with Gasteiger partial charge in [0.1, 0.15) is 5.82 Å². The highest BCUT2D eigenvalue weighted by Gasteiger charge is 2.32. The lowest BCUT2D eigenvalue weighted by Gasteiger charge is -2.18. The summed E-state index contributed by atoms with van der Waals surface area (Å²) >= 11 is 0. The largest absolute Gasteiger partial charge is 0.490 e. The number of rotatable bonds is 14. The van der Waals surface area contributed by atoms with Crippen molar-refractivity contribution in [1.82, 2.24) is 0 Å². The SMILES string of the molecule is CCCCCCCOc1ccc(OCCC(F)(F)c2ccc(CCC)c(F)c2)c(F)c1F. The van der Waals surface area contributed by atoms with Gasteiger partial charge in [-0.2, -0.15) is 8.78 Å². The highest BCUT2D eigenvalue weighted by Crippen LogP contribution is 2.34. The summed E-state index contributed by atoms with van der Waals surface area (Å²) in [6, 6.07) is 5.73. The second kappa shape index (κ2) is 12.7. The van der Waals surface area contributed by atoms with Crippen molar-refractivity contribution in [2.24, 2.45) is 0 Å². The van der Waals surface area contributed by atoms with Gasteiger partial charge in [-0.3, -0.25) is 0 Å². The van der Waals surface area contributed by atoms with Crippen molar-refractivity contribution in [3.8, 4) is 11.5 Å². The van der Waals surface area contributed by atoms with Crippen molar-refractivity contribution in [3.05, 3.63) is 58.9 Å². The molecule has 0 aliphatic heterocycles. The van der Waals surface area contributed by atoms with E-state index in [4.69, 9.17) is 9.47 Å². The van der Waals surface area contributed by atoms with Crippen LogP contribution in [0.1, 0.15) is 69.9 Å². The average Bonchev–Trinajstić information content (AvgIpc) is 2.76. The van der Waals surface area contributed by atoms with Crippen molar-refractivity contribution in [1.29, 1.82) is 0 Å². The summed E-state index contributed by atoms with van der Waals surface area (Å²) in [5.74, 6) is -7.26. The summed E-state index contributed by atoms with van der Waals surface area (Å²) < 4.78 is 81.6. The predicted molar refractivity (Wildman–Crippen MR) is 115 cm³/mol. The molecule has 0 N–H and O–H groups in total. The van der Waals surface area contributed by atoms with Gasteiger partial charge in [-0.1, -0.05) is 58.1 Å². The van der Waals surface area contributed by atoms with Gasteiger partial charge in [-0.25, -0.2) is 13.2 Å². The molecule has 0 spiro atoms. The number of unbranched alkanes of at least 4 members (excludes halogenated alkanes) is 4. The van der Waals surface area contributed by atoms with E-state index >= 15 is 0 Å². The number of halogens is 5. The van der Waals surface area contributed by atoms with Gasteiger partial charge in [0.25, 0.3) is 5.92 Å². The van der Waals surface area contributed by atoms with Gasteiger partial charge < -0.3 is 9.47 Å². The molecule has 2 nitrogen and oxygen atoms in total. The maximum absolute atomic E-state index is 14.4. The number of alkyl halides is 2. The number of ether oxygens (including phenoxy) is 2. The molecule has 0 radical (unpaired) electrons. The lowest BCUT2D eigenvalue weighted by atomic mass is 10.0. The molecule has 0 aliphatic rings. The summed E-state index contributed by atoms with van der Waals surface area (Å²) in [7, 11) is 0. The van der Waals surface area contributed by atoms with Crippen molar-refractivity contribution in [2.45, 2.75) is 71.1 Å². The normalized spacial score (nSPS) is 11.6. The third kappa shape index (κ3) is 7.38. The molecule has 0 aromatic heterocycles. The van der Waals surface area contributed by atoms with Gasteiger partial charge in [0.15, 0.2) is 11.5 Å². The number of aryl methyl sites for hydroxylation is 1. The van der Waals surface area contributed by atoms with Gasteiger partial charge in [-0.05, 0) is 36.6 Å². The first-order chi connectivity index (χ1) is 15.3. The van der Waals surface area contributed by atoms with Crippen LogP contribution in [0.15, 0.2) is 30.3 Å². The monoisotopic (exact) mass is 458 g/mol. The van der Waals surface area contributed by atoms with Gasteiger partial charge >= 0.3 is 0 Å². The molecule has 0 unspecified atom stereocenters. The minimum atomic E-state index is -3.37. The van der Waals surface area contributed by atoms with Gasteiger partial charge in [0.2, 0.25) is 11.6 Å². The summed E-state index contributed by atoms with van der Waals surface area (Å²) in [5, 5.41) is 0. The molecule has 2 aromatic carbocycles. The lowest BCUT2D eigenvalue weighted by molar-refractivity contribution is -0.0248. The van der Waals surface area contributed by atoms with Crippen molar-refractivity contribution in [3.63, 3.8) is 0 Å². The molecule has 0 fully saturated rings. The van der Waals surface area contributed by atoms with Crippen molar-refractivity contribution < 1.29 is 31.4 Å². The molecule has 0 bridgehead atoms. The van der Waals surface area contributed by atoms with Crippen LogP contribution in [0, 0.1) is 17.5 Å². The molecule has 178 valence electrons. The Balaban J connectivity index is 1.90. The van der Waals surface area contributed by atoms with Gasteiger partial charge in [0.05, 0.1) is 13.2 Å². The summed E-state index contributed by atoms with van der Waals surface area (Å²) in [6.07, 6.45) is 5.31. The van der Waals surface area contributed by atoms with Crippen molar-refractivity contribution >= 4 is 0 Å². The van der Waals surface area contributed by atoms with Crippen LogP contribution in [0.4, 0.5) is 22.0 Å². The topological polar surface area (TPSA) is 18.5 Å². The van der Waals surface area contributed by atoms with E-state index < -0.39 is 47.7 Å². The molecule has 0 saturated heterocycles. The predicted octanol–water partition coefficient (Wildman–Crippen LogP) is 7.97. The number of hydrogen-bond donors (Lipinski definition) is 0. The van der Waals surface area contributed by atoms with Crippen LogP contribution in [-0.2, 0) is 12.3 Å². The maximum atomic E-state index is 14.4. The first-order valence-electron chi connectivity index (χ1n) is 11.2. The Hall–Kier alpha value is -2.31. The Kier molecular flexibility index (Phi) is 10.3. The minimum absolute atomic E-state index is 0.238. The van der Waals surface area contributed by atoms with Crippen LogP contribution < -0.4 is 9.47 Å². The molecule has 7 heteroatoms. The zero-order chi connectivity index (χ0) is 23.6. The van der Waals surface area contributed by atoms with E-state index in [9.17, 15) is 22.0 Å². The van der Waals surface area contributed by atoms with Gasteiger partial charge in [-0.15, -0.1) is 0 Å². The Bertz CT molecular complexity index is 854. The van der Waals surface area contributed by atoms with E-state index in [-0.39, 0.29) is 12.4 Å². The van der Waals surface area contributed by atoms with Crippen LogP contribution in [0.25, 0.3) is 0 Å². The molecule has 0 heterocycles. The van der Waals surface area contributed by atoms with Crippen molar-refractivity contribution in [2.75, 3.05) is 13.2 Å². The molecule has 32 heavy (non-hydrogen) atoms. The lowest BCUT2D eigenvalue weighted by Crippen LogP contribution is -2.18. The summed E-state index contributed by atoms with van der Waals surface area (Å²) in [4.78, 5) is 0. The molecule has 2 rings (SSSR count). The standard InChI is InChI=1S/C25H31F5O2/c1-3-5-6-7-8-15-31-21-12-13-22(24(28)23(21)27)32-16-14-25(29,30)19-11-10-18(9-4-2)20(26)17-19/h10-13,17H,3-9,14-16H2,1-2H3. The number of benzene rings is 2. The second-order valence-electron chi connectivity index (χ2n) is 7.81. The Morgan fingerprint density at radius 3 is 1.97 bits per heavy atom. The molecule has 0 saturated carbocycles. The van der Waals surface area contributed by atoms with Crippen LogP contribution in [0.3, 0.4) is 0 Å². The van der Waals surface area contributed by atoms with E-state index in [1.165, 1.54) is 18.2 Å². The van der Waals surface area contributed by atoms with E-state index in [1.54, 1.807) is 0 Å². The molecule has 0 aliphatic carbocycles. The smallest absolute Gasteiger partial charge is 0.276 e. The minimum Gasteiger partial charge on any atom is -0.490 e. The van der Waals surface area contributed by atoms with Crippen LogP contribution in [0.2, 0.25) is 0 Å². The Labute approximate surface area is 186 Å². The van der Waals surface area contributed by atoms with E-state index in [0.29, 0.717) is 18.4 Å². The van der Waals surface area contributed by atoms with Crippen LogP contribution in [0.5, 0.6) is 11.5 Å². The average molecular weight is 459 g/mol. The zero-order valence-corrected chi connectivity index (χ0v) is 18.7. The highest BCUT2D eigenvalue weighted by atomic mass is 19.3. The van der Waals surface area contributed by atoms with Gasteiger partial charge in [0, 0.05) is 12.0 Å². The highest BCUT2D eigenvalue weighted by molar-refractivity contribution is 5.35. The third-order valence-corrected chi connectivity index (χ3v) is 5.19. The van der Waals surface area contributed by atoms with E-state index in [0.717, 1.165) is 44.2 Å². The molecule has 0 amide bonds. The Morgan fingerprint density at radius 2 is 1.38 bits per heavy atom. The number of hydrogen-bond acceptors (Lipinski definition) is 2. The quantitative estimate of drug-likeness (QED) is 0.211. The summed E-state index contributed by atoms with van der Waals surface area (Å²) in [6.45, 7) is 3.66. The fourth-order valence-electron chi connectivity index (χ4n) is 3.31. The maximum Gasteiger partial charge on any atom is 0.276 e. The Morgan fingerprint density at radius 1 is 0.750 bits per heavy atom. The second-order valence-corrected chi connectivity index (χ2v) is 7.81. The fraction of sp³-hybridized carbons (Fsp3) is 0.520. The van der Waals surface area contributed by atoms with E-state index in [1.807, 2.05) is 6.92 Å². The summed E-state index contributed by atoms with van der Waals surface area (Å²) in [5.41, 5.74) is -0.100. The molecule has 0 atom stereocenters. The van der Waals surface area contributed by atoms with E-state index in [2.05, 4.69) is 6.92 Å². The third-order valence-electron chi connectivity index (χ3n) is 5.19. The molecule has 2 aromatic rings. The zero-order valence-electron chi connectivity index (χ0n) is 18.7. The first-order valence-corrected chi connectivity index (χ1v) is 11.2. The molecular weight excluding hydrogens is 427 g/mol. The van der Waals surface area contributed by atoms with Crippen LogP contribution in [-0.4, -0.2) is 13.2 Å². The van der Waals surface area contributed by atoms with Crippen LogP contribution >= 0.6 is 0 Å². The fourth-order valence-corrected chi connectivity index (χ4v) is 3.31.